The molecule has 0 spiro atoms. The molecule has 0 atom stereocenters. The summed E-state index contributed by atoms with van der Waals surface area (Å²) >= 11 is 1.50. The van der Waals surface area contributed by atoms with Crippen LogP contribution in [0.5, 0.6) is 11.5 Å². The largest absolute Gasteiger partial charge is 0.493 e. The molecule has 0 radical (unpaired) electrons. The third-order valence-electron chi connectivity index (χ3n) is 4.24. The highest BCUT2D eigenvalue weighted by Gasteiger charge is 2.18. The first-order chi connectivity index (χ1) is 12.6. The summed E-state index contributed by atoms with van der Waals surface area (Å²) in [6.45, 7) is 2.38. The average Bonchev–Trinajstić information content (AvgIpc) is 3.10. The van der Waals surface area contributed by atoms with E-state index in [1.54, 1.807) is 18.2 Å². The maximum atomic E-state index is 12.3. The Morgan fingerprint density at radius 2 is 1.85 bits per heavy atom. The standard InChI is InChI=1S/C19H22N2O4S/c1-3-25-14-9-8-13(10-15(14)24-2)18(22)20-21-19(23)17-11-12-6-4-5-7-16(12)26-17/h8-11H,3-7H2,1-2H3,(H,20,22)(H,21,23). The number of thiophene rings is 1. The van der Waals surface area contributed by atoms with Gasteiger partial charge in [0.2, 0.25) is 0 Å². The van der Waals surface area contributed by atoms with Crippen molar-refractivity contribution in [3.8, 4) is 11.5 Å². The normalized spacial score (nSPS) is 12.8. The van der Waals surface area contributed by atoms with Crippen LogP contribution in [0.3, 0.4) is 0 Å². The van der Waals surface area contributed by atoms with Crippen LogP contribution in [0.1, 0.15) is 50.2 Å². The maximum Gasteiger partial charge on any atom is 0.279 e. The Hall–Kier alpha value is -2.54. The molecule has 1 aromatic carbocycles. The topological polar surface area (TPSA) is 76.7 Å². The second kappa shape index (κ2) is 8.23. The van der Waals surface area contributed by atoms with Crippen LogP contribution in [0.25, 0.3) is 0 Å². The second-order valence-corrected chi connectivity index (χ2v) is 7.11. The van der Waals surface area contributed by atoms with Gasteiger partial charge in [0.1, 0.15) is 0 Å². The van der Waals surface area contributed by atoms with Crippen molar-refractivity contribution < 1.29 is 19.1 Å². The number of aryl methyl sites for hydroxylation is 2. The monoisotopic (exact) mass is 374 g/mol. The first kappa shape index (κ1) is 18.3. The molecule has 7 heteroatoms. The summed E-state index contributed by atoms with van der Waals surface area (Å²) in [5.41, 5.74) is 6.57. The van der Waals surface area contributed by atoms with Crippen molar-refractivity contribution in [3.63, 3.8) is 0 Å². The van der Waals surface area contributed by atoms with Gasteiger partial charge in [-0.25, -0.2) is 0 Å². The molecule has 2 aromatic rings. The molecular weight excluding hydrogens is 352 g/mol. The Labute approximate surface area is 156 Å². The fourth-order valence-electron chi connectivity index (χ4n) is 2.93. The lowest BCUT2D eigenvalue weighted by Gasteiger charge is -2.11. The molecule has 26 heavy (non-hydrogen) atoms. The van der Waals surface area contributed by atoms with Gasteiger partial charge in [-0.05, 0) is 62.4 Å². The van der Waals surface area contributed by atoms with Crippen LogP contribution in [-0.2, 0) is 12.8 Å². The minimum atomic E-state index is -0.416. The van der Waals surface area contributed by atoms with Gasteiger partial charge >= 0.3 is 0 Å². The quantitative estimate of drug-likeness (QED) is 0.789. The van der Waals surface area contributed by atoms with Gasteiger partial charge in [-0.15, -0.1) is 11.3 Å². The van der Waals surface area contributed by atoms with E-state index in [1.807, 2.05) is 13.0 Å². The van der Waals surface area contributed by atoms with E-state index in [1.165, 1.54) is 41.7 Å². The lowest BCUT2D eigenvalue weighted by atomic mass is 9.99. The van der Waals surface area contributed by atoms with E-state index < -0.39 is 5.91 Å². The van der Waals surface area contributed by atoms with E-state index in [0.29, 0.717) is 28.5 Å². The highest BCUT2D eigenvalue weighted by Crippen LogP contribution is 2.30. The number of hydrogen-bond acceptors (Lipinski definition) is 5. The molecule has 1 aliphatic rings. The summed E-state index contributed by atoms with van der Waals surface area (Å²) in [5.74, 6) is 0.327. The molecule has 1 aromatic heterocycles. The molecule has 0 bridgehead atoms. The van der Waals surface area contributed by atoms with Gasteiger partial charge < -0.3 is 9.47 Å². The minimum absolute atomic E-state index is 0.296. The fraction of sp³-hybridized carbons (Fsp3) is 0.368. The SMILES string of the molecule is CCOc1ccc(C(=O)NNC(=O)c2cc3c(s2)CCCC3)cc1OC. The van der Waals surface area contributed by atoms with Gasteiger partial charge in [-0.3, -0.25) is 20.4 Å². The van der Waals surface area contributed by atoms with Gasteiger partial charge in [0.25, 0.3) is 11.8 Å². The number of amides is 2. The van der Waals surface area contributed by atoms with E-state index in [-0.39, 0.29) is 5.91 Å². The third-order valence-corrected chi connectivity index (χ3v) is 5.47. The summed E-state index contributed by atoms with van der Waals surface area (Å²) in [5, 5.41) is 0. The predicted molar refractivity (Wildman–Crippen MR) is 100 cm³/mol. The highest BCUT2D eigenvalue weighted by atomic mass is 32.1. The summed E-state index contributed by atoms with van der Waals surface area (Å²) in [6, 6.07) is 6.81. The van der Waals surface area contributed by atoms with Gasteiger partial charge in [0.05, 0.1) is 18.6 Å². The fourth-order valence-corrected chi connectivity index (χ4v) is 4.08. The molecule has 1 aliphatic carbocycles. The molecule has 138 valence electrons. The molecule has 0 unspecified atom stereocenters. The van der Waals surface area contributed by atoms with Crippen LogP contribution < -0.4 is 20.3 Å². The number of carbonyl (C=O) groups excluding carboxylic acids is 2. The Morgan fingerprint density at radius 3 is 2.58 bits per heavy atom. The summed E-state index contributed by atoms with van der Waals surface area (Å²) in [7, 11) is 1.51. The van der Waals surface area contributed by atoms with Crippen molar-refractivity contribution in [1.82, 2.24) is 10.9 Å². The van der Waals surface area contributed by atoms with Crippen LogP contribution in [0.4, 0.5) is 0 Å². The summed E-state index contributed by atoms with van der Waals surface area (Å²) in [6.07, 6.45) is 4.40. The number of ether oxygens (including phenoxy) is 2. The van der Waals surface area contributed by atoms with Crippen LogP contribution in [0.2, 0.25) is 0 Å². The number of methoxy groups -OCH3 is 1. The maximum absolute atomic E-state index is 12.3. The molecule has 6 nitrogen and oxygen atoms in total. The van der Waals surface area contributed by atoms with Crippen LogP contribution >= 0.6 is 11.3 Å². The van der Waals surface area contributed by atoms with E-state index in [9.17, 15) is 9.59 Å². The number of hydrazine groups is 1. The number of hydrogen-bond donors (Lipinski definition) is 2. The van der Waals surface area contributed by atoms with E-state index in [4.69, 9.17) is 9.47 Å². The highest BCUT2D eigenvalue weighted by molar-refractivity contribution is 7.14. The van der Waals surface area contributed by atoms with E-state index in [2.05, 4.69) is 10.9 Å². The van der Waals surface area contributed by atoms with E-state index in [0.717, 1.165) is 12.8 Å². The van der Waals surface area contributed by atoms with Crippen LogP contribution in [-0.4, -0.2) is 25.5 Å². The molecule has 0 saturated carbocycles. The number of rotatable bonds is 5. The molecule has 1 heterocycles. The minimum Gasteiger partial charge on any atom is -0.493 e. The Balaban J connectivity index is 1.63. The first-order valence-electron chi connectivity index (χ1n) is 8.65. The molecule has 2 amide bonds. The number of benzene rings is 1. The smallest absolute Gasteiger partial charge is 0.279 e. The van der Waals surface area contributed by atoms with Crippen molar-refractivity contribution in [1.29, 1.82) is 0 Å². The van der Waals surface area contributed by atoms with Gasteiger partial charge in [0, 0.05) is 10.4 Å². The zero-order valence-electron chi connectivity index (χ0n) is 14.9. The van der Waals surface area contributed by atoms with Gasteiger partial charge in [0.15, 0.2) is 11.5 Å². The predicted octanol–water partition coefficient (Wildman–Crippen LogP) is 3.11. The molecule has 3 rings (SSSR count). The van der Waals surface area contributed by atoms with Crippen molar-refractivity contribution in [2.45, 2.75) is 32.6 Å². The van der Waals surface area contributed by atoms with Crippen molar-refractivity contribution in [3.05, 3.63) is 45.1 Å². The van der Waals surface area contributed by atoms with Crippen LogP contribution in [0.15, 0.2) is 24.3 Å². The zero-order chi connectivity index (χ0) is 18.5. The zero-order valence-corrected chi connectivity index (χ0v) is 15.7. The van der Waals surface area contributed by atoms with E-state index >= 15 is 0 Å². The second-order valence-electron chi connectivity index (χ2n) is 5.97. The number of nitrogens with one attached hydrogen (secondary N) is 2. The summed E-state index contributed by atoms with van der Waals surface area (Å²) < 4.78 is 10.7. The van der Waals surface area contributed by atoms with Crippen LogP contribution in [0, 0.1) is 0 Å². The lowest BCUT2D eigenvalue weighted by molar-refractivity contribution is 0.0848. The Bertz CT molecular complexity index is 792. The van der Waals surface area contributed by atoms with Crippen molar-refractivity contribution >= 4 is 23.2 Å². The molecule has 0 fully saturated rings. The van der Waals surface area contributed by atoms with Gasteiger partial charge in [-0.2, -0.15) is 0 Å². The average molecular weight is 374 g/mol. The molecular formula is C19H22N2O4S. The number of carbonyl (C=O) groups is 2. The molecule has 0 aliphatic heterocycles. The molecule has 2 N–H and O–H groups in total. The van der Waals surface area contributed by atoms with Crippen molar-refractivity contribution in [2.75, 3.05) is 13.7 Å². The lowest BCUT2D eigenvalue weighted by Crippen LogP contribution is -2.41. The number of fused-ring (bicyclic) bond motifs is 1. The third kappa shape index (κ3) is 3.99. The first-order valence-corrected chi connectivity index (χ1v) is 9.47. The Morgan fingerprint density at radius 1 is 1.08 bits per heavy atom. The van der Waals surface area contributed by atoms with Gasteiger partial charge in [-0.1, -0.05) is 0 Å². The molecule has 0 saturated heterocycles. The Kier molecular flexibility index (Phi) is 5.78. The van der Waals surface area contributed by atoms with Crippen molar-refractivity contribution in [2.24, 2.45) is 0 Å². The summed E-state index contributed by atoms with van der Waals surface area (Å²) in [4.78, 5) is 26.5.